The van der Waals surface area contributed by atoms with Crippen molar-refractivity contribution in [3.63, 3.8) is 0 Å². The van der Waals surface area contributed by atoms with Crippen molar-refractivity contribution in [2.45, 2.75) is 91.1 Å². The maximum atomic E-state index is 12.5. The van der Waals surface area contributed by atoms with E-state index < -0.39 is 30.6 Å². The van der Waals surface area contributed by atoms with Gasteiger partial charge in [-0.3, -0.25) is 19.2 Å². The summed E-state index contributed by atoms with van der Waals surface area (Å²) in [5.74, 6) is -2.13. The molecule has 8 heteroatoms. The fourth-order valence-electron chi connectivity index (χ4n) is 4.37. The van der Waals surface area contributed by atoms with Gasteiger partial charge in [0.15, 0.2) is 18.6 Å². The van der Waals surface area contributed by atoms with Crippen LogP contribution in [0.4, 0.5) is 0 Å². The lowest BCUT2D eigenvalue weighted by Crippen LogP contribution is -2.47. The molecule has 0 aliphatic carbocycles. The van der Waals surface area contributed by atoms with Crippen LogP contribution in [-0.2, 0) is 28.7 Å². The molecule has 2 amide bonds. The summed E-state index contributed by atoms with van der Waals surface area (Å²) in [6.45, 7) is 7.39. The van der Waals surface area contributed by atoms with Gasteiger partial charge in [0.25, 0.3) is 11.8 Å². The van der Waals surface area contributed by atoms with Gasteiger partial charge < -0.3 is 19.3 Å². The van der Waals surface area contributed by atoms with Crippen molar-refractivity contribution in [1.82, 2.24) is 9.80 Å². The van der Waals surface area contributed by atoms with Gasteiger partial charge in [-0.05, 0) is 65.2 Å². The summed E-state index contributed by atoms with van der Waals surface area (Å²) in [7, 11) is 0. The predicted molar refractivity (Wildman–Crippen MR) is 115 cm³/mol. The second-order valence-electron chi connectivity index (χ2n) is 9.07. The summed E-state index contributed by atoms with van der Waals surface area (Å²) >= 11 is 0. The third-order valence-electron chi connectivity index (χ3n) is 6.51. The quantitative estimate of drug-likeness (QED) is 0.427. The van der Waals surface area contributed by atoms with Crippen LogP contribution in [0.1, 0.15) is 79.1 Å². The lowest BCUT2D eigenvalue weighted by atomic mass is 9.94. The number of esters is 2. The zero-order chi connectivity index (χ0) is 23.0. The van der Waals surface area contributed by atoms with E-state index in [9.17, 15) is 19.2 Å². The van der Waals surface area contributed by atoms with E-state index in [1.807, 2.05) is 13.8 Å². The minimum atomic E-state index is -1.60. The molecule has 0 N–H and O–H groups in total. The summed E-state index contributed by atoms with van der Waals surface area (Å²) in [6, 6.07) is 0.344. The molecule has 0 bridgehead atoms. The van der Waals surface area contributed by atoms with Crippen LogP contribution >= 0.6 is 0 Å². The average Bonchev–Trinajstić information content (AvgIpc) is 2.80. The van der Waals surface area contributed by atoms with E-state index in [2.05, 4.69) is 0 Å². The van der Waals surface area contributed by atoms with E-state index in [0.29, 0.717) is 13.1 Å². The van der Waals surface area contributed by atoms with Gasteiger partial charge >= 0.3 is 11.9 Å². The number of hydrogen-bond acceptors (Lipinski definition) is 6. The van der Waals surface area contributed by atoms with Crippen LogP contribution in [0.5, 0.6) is 0 Å². The summed E-state index contributed by atoms with van der Waals surface area (Å²) < 4.78 is 10.3. The Labute approximate surface area is 185 Å². The Morgan fingerprint density at radius 1 is 0.742 bits per heavy atom. The van der Waals surface area contributed by atoms with Crippen LogP contribution in [0.15, 0.2) is 0 Å². The molecule has 31 heavy (non-hydrogen) atoms. The van der Waals surface area contributed by atoms with E-state index in [1.54, 1.807) is 9.80 Å². The molecule has 176 valence electrons. The Balaban J connectivity index is 1.84. The van der Waals surface area contributed by atoms with Gasteiger partial charge in [-0.2, -0.15) is 0 Å². The van der Waals surface area contributed by atoms with Crippen molar-refractivity contribution >= 4 is 23.8 Å². The molecule has 8 nitrogen and oxygen atoms in total. The molecule has 0 saturated carbocycles. The first-order chi connectivity index (χ1) is 14.7. The summed E-state index contributed by atoms with van der Waals surface area (Å²) in [4.78, 5) is 53.5. The highest BCUT2D eigenvalue weighted by Gasteiger charge is 2.41. The molecule has 0 spiro atoms. The Kier molecular flexibility index (Phi) is 9.32. The molecule has 0 aromatic carbocycles. The minimum Gasteiger partial charge on any atom is -0.455 e. The fourth-order valence-corrected chi connectivity index (χ4v) is 4.37. The SMILES string of the molecule is CCC1CCCCN1C(=O)COC(=O)C(C)(C)C(=O)OCC(=O)N1CCCCC1CC. The normalized spacial score (nSPS) is 22.1. The van der Waals surface area contributed by atoms with Crippen molar-refractivity contribution in [3.8, 4) is 0 Å². The van der Waals surface area contributed by atoms with Gasteiger partial charge in [0, 0.05) is 25.2 Å². The zero-order valence-corrected chi connectivity index (χ0v) is 19.5. The van der Waals surface area contributed by atoms with Crippen LogP contribution in [-0.4, -0.2) is 71.9 Å². The lowest BCUT2D eigenvalue weighted by Gasteiger charge is -2.35. The van der Waals surface area contributed by atoms with Crippen molar-refractivity contribution in [1.29, 1.82) is 0 Å². The molecule has 0 radical (unpaired) electrons. The molecular formula is C23H38N2O6. The number of ether oxygens (including phenoxy) is 2. The summed E-state index contributed by atoms with van der Waals surface area (Å²) in [6.07, 6.45) is 7.71. The molecule has 2 aliphatic heterocycles. The first kappa shape index (κ1) is 25.1. The first-order valence-corrected chi connectivity index (χ1v) is 11.7. The van der Waals surface area contributed by atoms with Crippen molar-refractivity contribution in [2.75, 3.05) is 26.3 Å². The van der Waals surface area contributed by atoms with Crippen molar-refractivity contribution in [3.05, 3.63) is 0 Å². The van der Waals surface area contributed by atoms with Gasteiger partial charge in [-0.15, -0.1) is 0 Å². The number of carbonyl (C=O) groups excluding carboxylic acids is 4. The lowest BCUT2D eigenvalue weighted by molar-refractivity contribution is -0.174. The average molecular weight is 439 g/mol. The van der Waals surface area contributed by atoms with Crippen LogP contribution < -0.4 is 0 Å². The van der Waals surface area contributed by atoms with Crippen molar-refractivity contribution < 1.29 is 28.7 Å². The molecule has 2 atom stereocenters. The monoisotopic (exact) mass is 438 g/mol. The number of hydrogen-bond donors (Lipinski definition) is 0. The first-order valence-electron chi connectivity index (χ1n) is 11.7. The maximum Gasteiger partial charge on any atom is 0.323 e. The van der Waals surface area contributed by atoms with E-state index in [-0.39, 0.29) is 23.9 Å². The molecule has 2 aliphatic rings. The standard InChI is InChI=1S/C23H38N2O6/c1-5-17-11-7-9-13-24(17)19(26)15-30-21(28)23(3,4)22(29)31-16-20(27)25-14-10-8-12-18(25)6-2/h17-18H,5-16H2,1-4H3. The van der Waals surface area contributed by atoms with Gasteiger partial charge in [-0.1, -0.05) is 13.8 Å². The zero-order valence-electron chi connectivity index (χ0n) is 19.5. The largest absolute Gasteiger partial charge is 0.455 e. The number of likely N-dealkylation sites (tertiary alicyclic amines) is 2. The van der Waals surface area contributed by atoms with Gasteiger partial charge in [0.05, 0.1) is 0 Å². The predicted octanol–water partition coefficient (Wildman–Crippen LogP) is 2.68. The van der Waals surface area contributed by atoms with E-state index in [4.69, 9.17) is 9.47 Å². The molecule has 0 aromatic rings. The maximum absolute atomic E-state index is 12.5. The fraction of sp³-hybridized carbons (Fsp3) is 0.826. The summed E-state index contributed by atoms with van der Waals surface area (Å²) in [5, 5.41) is 0. The van der Waals surface area contributed by atoms with E-state index in [0.717, 1.165) is 51.4 Å². The molecular weight excluding hydrogens is 400 g/mol. The highest BCUT2D eigenvalue weighted by atomic mass is 16.6. The molecule has 0 aromatic heterocycles. The van der Waals surface area contributed by atoms with Gasteiger partial charge in [0.2, 0.25) is 0 Å². The number of piperidine rings is 2. The third kappa shape index (κ3) is 6.43. The highest BCUT2D eigenvalue weighted by molar-refractivity contribution is 6.00. The van der Waals surface area contributed by atoms with E-state index >= 15 is 0 Å². The number of carbonyl (C=O) groups is 4. The number of nitrogens with zero attached hydrogens (tertiary/aromatic N) is 2. The Bertz CT molecular complexity index is 608. The topological polar surface area (TPSA) is 93.2 Å². The second-order valence-corrected chi connectivity index (χ2v) is 9.07. The molecule has 2 unspecified atom stereocenters. The Morgan fingerprint density at radius 2 is 1.13 bits per heavy atom. The molecule has 2 saturated heterocycles. The Morgan fingerprint density at radius 3 is 1.48 bits per heavy atom. The van der Waals surface area contributed by atoms with Crippen LogP contribution in [0.3, 0.4) is 0 Å². The number of rotatable bonds is 8. The van der Waals surface area contributed by atoms with Crippen LogP contribution in [0.25, 0.3) is 0 Å². The highest BCUT2D eigenvalue weighted by Crippen LogP contribution is 2.23. The van der Waals surface area contributed by atoms with Gasteiger partial charge in [-0.25, -0.2) is 0 Å². The number of amides is 2. The Hall–Kier alpha value is -2.12. The minimum absolute atomic E-state index is 0.172. The van der Waals surface area contributed by atoms with Gasteiger partial charge in [0.1, 0.15) is 0 Å². The van der Waals surface area contributed by atoms with E-state index in [1.165, 1.54) is 13.8 Å². The third-order valence-corrected chi connectivity index (χ3v) is 6.51. The molecule has 2 heterocycles. The molecule has 2 rings (SSSR count). The smallest absolute Gasteiger partial charge is 0.323 e. The van der Waals surface area contributed by atoms with Crippen LogP contribution in [0, 0.1) is 5.41 Å². The second kappa shape index (κ2) is 11.5. The summed E-state index contributed by atoms with van der Waals surface area (Å²) in [5.41, 5.74) is -1.60. The van der Waals surface area contributed by atoms with Crippen LogP contribution in [0.2, 0.25) is 0 Å². The molecule has 2 fully saturated rings. The van der Waals surface area contributed by atoms with Crippen molar-refractivity contribution in [2.24, 2.45) is 5.41 Å².